The van der Waals surface area contributed by atoms with Crippen molar-refractivity contribution in [3.05, 3.63) is 63.6 Å². The second-order valence-corrected chi connectivity index (χ2v) is 6.63. The van der Waals surface area contributed by atoms with E-state index in [1.165, 1.54) is 0 Å². The third-order valence-electron chi connectivity index (χ3n) is 3.78. The number of guanidine groups is 1. The molecule has 0 radical (unpaired) electrons. The normalized spacial score (nSPS) is 21.5. The molecule has 108 valence electrons. The standard InChI is InChI=1S/C16H15BrClN3/c1-16(11-4-2-5-12(17)8-11)10-20-15(19)21(16)14-7-3-6-13(18)9-14/h2-9H,10H2,1H3,(H2,19,20). The molecule has 0 spiro atoms. The van der Waals surface area contributed by atoms with Gasteiger partial charge in [0.15, 0.2) is 5.96 Å². The van der Waals surface area contributed by atoms with Gasteiger partial charge in [0.25, 0.3) is 0 Å². The lowest BCUT2D eigenvalue weighted by atomic mass is 9.90. The van der Waals surface area contributed by atoms with Crippen molar-refractivity contribution in [2.45, 2.75) is 12.5 Å². The lowest BCUT2D eigenvalue weighted by Gasteiger charge is -2.36. The molecule has 3 nitrogen and oxygen atoms in total. The monoisotopic (exact) mass is 363 g/mol. The van der Waals surface area contributed by atoms with Gasteiger partial charge in [-0.2, -0.15) is 0 Å². The topological polar surface area (TPSA) is 41.6 Å². The Kier molecular flexibility index (Phi) is 3.68. The summed E-state index contributed by atoms with van der Waals surface area (Å²) in [7, 11) is 0. The van der Waals surface area contributed by atoms with E-state index >= 15 is 0 Å². The summed E-state index contributed by atoms with van der Waals surface area (Å²) < 4.78 is 1.04. The summed E-state index contributed by atoms with van der Waals surface area (Å²) in [5.74, 6) is 0.514. The molecule has 5 heteroatoms. The Balaban J connectivity index is 2.10. The maximum atomic E-state index is 6.13. The van der Waals surface area contributed by atoms with Crippen molar-refractivity contribution in [1.29, 1.82) is 0 Å². The molecule has 1 atom stereocenters. The number of hydrogen-bond donors (Lipinski definition) is 1. The second kappa shape index (κ2) is 5.35. The van der Waals surface area contributed by atoms with Crippen LogP contribution in [0.15, 0.2) is 58.0 Å². The Hall–Kier alpha value is -1.52. The van der Waals surface area contributed by atoms with Crippen LogP contribution in [0.4, 0.5) is 5.69 Å². The van der Waals surface area contributed by atoms with Gasteiger partial charge < -0.3 is 10.6 Å². The maximum Gasteiger partial charge on any atom is 0.196 e. The van der Waals surface area contributed by atoms with Gasteiger partial charge in [0, 0.05) is 15.2 Å². The Morgan fingerprint density at radius 3 is 2.71 bits per heavy atom. The molecule has 1 aliphatic rings. The molecule has 2 aromatic rings. The summed E-state index contributed by atoms with van der Waals surface area (Å²) in [6.45, 7) is 2.75. The lowest BCUT2D eigenvalue weighted by molar-refractivity contribution is 0.532. The first-order chi connectivity index (χ1) is 10.0. The highest BCUT2D eigenvalue weighted by Crippen LogP contribution is 2.38. The van der Waals surface area contributed by atoms with E-state index in [2.05, 4.69) is 40.0 Å². The number of aliphatic imine (C=N–C) groups is 1. The van der Waals surface area contributed by atoms with Gasteiger partial charge in [-0.05, 0) is 42.8 Å². The van der Waals surface area contributed by atoms with Gasteiger partial charge >= 0.3 is 0 Å². The van der Waals surface area contributed by atoms with Crippen LogP contribution in [-0.2, 0) is 5.54 Å². The first kappa shape index (κ1) is 14.4. The zero-order chi connectivity index (χ0) is 15.0. The minimum atomic E-state index is -0.321. The first-order valence-electron chi connectivity index (χ1n) is 6.62. The van der Waals surface area contributed by atoms with Gasteiger partial charge in [-0.15, -0.1) is 0 Å². The summed E-state index contributed by atoms with van der Waals surface area (Å²) in [5.41, 5.74) is 7.91. The molecule has 0 amide bonds. The molecule has 0 saturated carbocycles. The van der Waals surface area contributed by atoms with Gasteiger partial charge in [0.1, 0.15) is 0 Å². The quantitative estimate of drug-likeness (QED) is 0.869. The van der Waals surface area contributed by atoms with E-state index in [4.69, 9.17) is 17.3 Å². The summed E-state index contributed by atoms with van der Waals surface area (Å²) in [6.07, 6.45) is 0. The van der Waals surface area contributed by atoms with Crippen LogP contribution in [0.5, 0.6) is 0 Å². The third kappa shape index (κ3) is 2.54. The number of nitrogens with two attached hydrogens (primary N) is 1. The maximum absolute atomic E-state index is 6.13. The number of rotatable bonds is 2. The number of hydrogen-bond acceptors (Lipinski definition) is 3. The zero-order valence-corrected chi connectivity index (χ0v) is 13.9. The van der Waals surface area contributed by atoms with E-state index in [-0.39, 0.29) is 5.54 Å². The first-order valence-corrected chi connectivity index (χ1v) is 7.79. The molecule has 2 aromatic carbocycles. The van der Waals surface area contributed by atoms with Gasteiger partial charge in [0.2, 0.25) is 0 Å². The van der Waals surface area contributed by atoms with Gasteiger partial charge in [-0.3, -0.25) is 4.99 Å². The van der Waals surface area contributed by atoms with Crippen molar-refractivity contribution < 1.29 is 0 Å². The molecule has 0 aliphatic carbocycles. The van der Waals surface area contributed by atoms with Crippen molar-refractivity contribution in [1.82, 2.24) is 0 Å². The molecule has 1 heterocycles. The van der Waals surface area contributed by atoms with E-state index < -0.39 is 0 Å². The summed E-state index contributed by atoms with van der Waals surface area (Å²) in [6, 6.07) is 15.9. The van der Waals surface area contributed by atoms with E-state index in [0.29, 0.717) is 17.5 Å². The van der Waals surface area contributed by atoms with Crippen LogP contribution in [0.2, 0.25) is 5.02 Å². The zero-order valence-electron chi connectivity index (χ0n) is 11.6. The minimum absolute atomic E-state index is 0.321. The van der Waals surface area contributed by atoms with Crippen molar-refractivity contribution in [3.63, 3.8) is 0 Å². The predicted octanol–water partition coefficient (Wildman–Crippen LogP) is 4.15. The fourth-order valence-electron chi connectivity index (χ4n) is 2.71. The third-order valence-corrected chi connectivity index (χ3v) is 4.51. The van der Waals surface area contributed by atoms with Crippen LogP contribution in [0.3, 0.4) is 0 Å². The highest BCUT2D eigenvalue weighted by molar-refractivity contribution is 9.10. The number of anilines is 1. The van der Waals surface area contributed by atoms with Gasteiger partial charge in [0.05, 0.1) is 12.1 Å². The fourth-order valence-corrected chi connectivity index (χ4v) is 3.29. The van der Waals surface area contributed by atoms with Crippen molar-refractivity contribution in [2.24, 2.45) is 10.7 Å². The number of halogens is 2. The molecule has 1 aliphatic heterocycles. The minimum Gasteiger partial charge on any atom is -0.369 e. The lowest BCUT2D eigenvalue weighted by Crippen LogP contribution is -2.47. The van der Waals surface area contributed by atoms with Crippen LogP contribution in [0, 0.1) is 0 Å². The average Bonchev–Trinajstić information content (AvgIpc) is 2.76. The molecule has 0 fully saturated rings. The molecule has 3 rings (SSSR count). The fraction of sp³-hybridized carbons (Fsp3) is 0.188. The van der Waals surface area contributed by atoms with Crippen molar-refractivity contribution in [3.8, 4) is 0 Å². The smallest absolute Gasteiger partial charge is 0.196 e. The van der Waals surface area contributed by atoms with E-state index in [1.54, 1.807) is 0 Å². The molecule has 21 heavy (non-hydrogen) atoms. The summed E-state index contributed by atoms with van der Waals surface area (Å²) in [4.78, 5) is 6.49. The highest BCUT2D eigenvalue weighted by atomic mass is 79.9. The predicted molar refractivity (Wildman–Crippen MR) is 91.9 cm³/mol. The van der Waals surface area contributed by atoms with Crippen LogP contribution >= 0.6 is 27.5 Å². The highest BCUT2D eigenvalue weighted by Gasteiger charge is 2.40. The Labute approximate surface area is 137 Å². The summed E-state index contributed by atoms with van der Waals surface area (Å²) in [5, 5.41) is 0.684. The van der Waals surface area contributed by atoms with Gasteiger partial charge in [-0.25, -0.2) is 0 Å². The van der Waals surface area contributed by atoms with Crippen LogP contribution in [0.1, 0.15) is 12.5 Å². The molecule has 2 N–H and O–H groups in total. The molecule has 0 aromatic heterocycles. The number of benzene rings is 2. The van der Waals surface area contributed by atoms with Crippen LogP contribution in [-0.4, -0.2) is 12.5 Å². The Bertz CT molecular complexity index is 716. The average molecular weight is 365 g/mol. The van der Waals surface area contributed by atoms with Crippen molar-refractivity contribution >= 4 is 39.2 Å². The SMILES string of the molecule is CC1(c2cccc(Br)c2)CN=C(N)N1c1cccc(Cl)c1. The summed E-state index contributed by atoms with van der Waals surface area (Å²) >= 11 is 9.65. The molecular weight excluding hydrogens is 350 g/mol. The Morgan fingerprint density at radius 1 is 1.24 bits per heavy atom. The molecule has 0 bridgehead atoms. The second-order valence-electron chi connectivity index (χ2n) is 5.27. The van der Waals surface area contributed by atoms with Gasteiger partial charge in [-0.1, -0.05) is 45.7 Å². The molecular formula is C16H15BrClN3. The Morgan fingerprint density at radius 2 is 2.00 bits per heavy atom. The van der Waals surface area contributed by atoms with E-state index in [1.807, 2.05) is 41.3 Å². The molecule has 1 unspecified atom stereocenters. The number of nitrogens with zero attached hydrogens (tertiary/aromatic N) is 2. The molecule has 0 saturated heterocycles. The van der Waals surface area contributed by atoms with Crippen LogP contribution in [0.25, 0.3) is 0 Å². The van der Waals surface area contributed by atoms with Crippen LogP contribution < -0.4 is 10.6 Å². The van der Waals surface area contributed by atoms with E-state index in [9.17, 15) is 0 Å². The van der Waals surface area contributed by atoms with Crippen molar-refractivity contribution in [2.75, 3.05) is 11.4 Å². The largest absolute Gasteiger partial charge is 0.369 e. The van der Waals surface area contributed by atoms with E-state index in [0.717, 1.165) is 15.7 Å².